The van der Waals surface area contributed by atoms with Crippen LogP contribution in [-0.2, 0) is 4.83 Å². The summed E-state index contributed by atoms with van der Waals surface area (Å²) in [5.41, 5.74) is 0.842. The Morgan fingerprint density at radius 2 is 1.48 bits per heavy atom. The number of hydrogen-bond acceptors (Lipinski definition) is 0. The Labute approximate surface area is 166 Å². The number of rotatable bonds is 5. The molecule has 27 heavy (non-hydrogen) atoms. The smallest absolute Gasteiger partial charge is 0.206 e. The van der Waals surface area contributed by atoms with E-state index in [4.69, 9.17) is 0 Å². The standard InChI is InChI=1S/C22H23BrF4/c1-2-3-14-4-6-15(7-5-14)16-8-10-17(11-9-16)18-12-19(24)21(20(25)13-18)22(23,26)27/h8-15H,2-7H2,1H3. The molecule has 0 aromatic heterocycles. The van der Waals surface area contributed by atoms with Crippen LogP contribution < -0.4 is 0 Å². The summed E-state index contributed by atoms with van der Waals surface area (Å²) in [7, 11) is 0. The predicted octanol–water partition coefficient (Wildman–Crippen LogP) is 8.15. The summed E-state index contributed by atoms with van der Waals surface area (Å²) in [5, 5.41) is 0. The molecule has 0 aliphatic heterocycles. The first kappa shape index (κ1) is 20.4. The van der Waals surface area contributed by atoms with Crippen molar-refractivity contribution in [3.8, 4) is 11.1 Å². The van der Waals surface area contributed by atoms with Crippen molar-refractivity contribution >= 4 is 15.9 Å². The highest BCUT2D eigenvalue weighted by Gasteiger charge is 2.34. The van der Waals surface area contributed by atoms with Crippen LogP contribution in [0, 0.1) is 17.6 Å². The Morgan fingerprint density at radius 3 is 1.96 bits per heavy atom. The van der Waals surface area contributed by atoms with Gasteiger partial charge in [-0.25, -0.2) is 8.78 Å². The molecule has 2 aromatic carbocycles. The first-order valence-corrected chi connectivity index (χ1v) is 10.3. The second kappa shape index (κ2) is 8.34. The van der Waals surface area contributed by atoms with E-state index in [9.17, 15) is 17.6 Å². The predicted molar refractivity (Wildman–Crippen MR) is 104 cm³/mol. The summed E-state index contributed by atoms with van der Waals surface area (Å²) in [6, 6.07) is 9.52. The van der Waals surface area contributed by atoms with E-state index < -0.39 is 22.0 Å². The highest BCUT2D eigenvalue weighted by molar-refractivity contribution is 9.09. The van der Waals surface area contributed by atoms with Crippen LogP contribution in [0.2, 0.25) is 0 Å². The van der Waals surface area contributed by atoms with Crippen molar-refractivity contribution < 1.29 is 17.6 Å². The maximum atomic E-state index is 14.0. The van der Waals surface area contributed by atoms with E-state index in [2.05, 4.69) is 6.92 Å². The first-order chi connectivity index (χ1) is 12.8. The van der Waals surface area contributed by atoms with Gasteiger partial charge in [0.15, 0.2) is 0 Å². The van der Waals surface area contributed by atoms with E-state index in [1.807, 2.05) is 40.2 Å². The molecule has 0 unspecified atom stereocenters. The minimum absolute atomic E-state index is 0.253. The summed E-state index contributed by atoms with van der Waals surface area (Å²) in [5.74, 6) is -1.16. The van der Waals surface area contributed by atoms with Crippen LogP contribution in [0.3, 0.4) is 0 Å². The molecule has 5 heteroatoms. The van der Waals surface area contributed by atoms with Gasteiger partial charge in [0, 0.05) is 0 Å². The molecule has 2 aromatic rings. The molecular formula is C22H23BrF4. The monoisotopic (exact) mass is 442 g/mol. The van der Waals surface area contributed by atoms with Crippen molar-refractivity contribution in [3.05, 3.63) is 59.2 Å². The normalized spacial score (nSPS) is 20.7. The fourth-order valence-corrected chi connectivity index (χ4v) is 4.53. The van der Waals surface area contributed by atoms with Crippen LogP contribution in [0.25, 0.3) is 11.1 Å². The van der Waals surface area contributed by atoms with Crippen molar-refractivity contribution in [1.82, 2.24) is 0 Å². The summed E-state index contributed by atoms with van der Waals surface area (Å²) in [4.78, 5) is -3.74. The fraction of sp³-hybridized carbons (Fsp3) is 0.455. The molecule has 1 aliphatic carbocycles. The van der Waals surface area contributed by atoms with E-state index >= 15 is 0 Å². The van der Waals surface area contributed by atoms with Gasteiger partial charge in [-0.1, -0.05) is 44.0 Å². The Bertz CT molecular complexity index is 749. The Balaban J connectivity index is 1.76. The summed E-state index contributed by atoms with van der Waals surface area (Å²) >= 11 is 2.02. The summed E-state index contributed by atoms with van der Waals surface area (Å²) in [6.45, 7) is 2.22. The lowest BCUT2D eigenvalue weighted by atomic mass is 9.77. The van der Waals surface area contributed by atoms with Crippen molar-refractivity contribution in [2.24, 2.45) is 5.92 Å². The Kier molecular flexibility index (Phi) is 6.29. The van der Waals surface area contributed by atoms with E-state index in [1.165, 1.54) is 44.1 Å². The molecule has 0 atom stereocenters. The van der Waals surface area contributed by atoms with Gasteiger partial charge in [0.25, 0.3) is 0 Å². The third kappa shape index (κ3) is 4.74. The van der Waals surface area contributed by atoms with Gasteiger partial charge in [-0.2, -0.15) is 8.78 Å². The Morgan fingerprint density at radius 1 is 0.926 bits per heavy atom. The van der Waals surface area contributed by atoms with Crippen molar-refractivity contribution in [2.75, 3.05) is 0 Å². The molecule has 0 nitrogen and oxygen atoms in total. The zero-order valence-electron chi connectivity index (χ0n) is 15.3. The third-order valence-electron chi connectivity index (χ3n) is 5.58. The number of hydrogen-bond donors (Lipinski definition) is 0. The maximum Gasteiger partial charge on any atom is 0.332 e. The molecule has 1 saturated carbocycles. The van der Waals surface area contributed by atoms with Gasteiger partial charge >= 0.3 is 4.83 Å². The molecule has 0 N–H and O–H groups in total. The average Bonchev–Trinajstić information content (AvgIpc) is 2.61. The molecule has 1 fully saturated rings. The molecule has 3 rings (SSSR count). The van der Waals surface area contributed by atoms with Gasteiger partial charge in [-0.15, -0.1) is 0 Å². The zero-order valence-corrected chi connectivity index (χ0v) is 16.8. The van der Waals surface area contributed by atoms with Gasteiger partial charge < -0.3 is 0 Å². The number of benzene rings is 2. The van der Waals surface area contributed by atoms with Crippen LogP contribution in [0.4, 0.5) is 17.6 Å². The lowest BCUT2D eigenvalue weighted by Crippen LogP contribution is -2.13. The molecule has 0 spiro atoms. The molecule has 0 heterocycles. The molecule has 0 radical (unpaired) electrons. The topological polar surface area (TPSA) is 0 Å². The molecular weight excluding hydrogens is 420 g/mol. The quantitative estimate of drug-likeness (QED) is 0.323. The van der Waals surface area contributed by atoms with E-state index in [0.717, 1.165) is 18.1 Å². The van der Waals surface area contributed by atoms with Crippen molar-refractivity contribution in [3.63, 3.8) is 0 Å². The number of alkyl halides is 3. The summed E-state index contributed by atoms with van der Waals surface area (Å²) in [6.07, 6.45) is 7.37. The minimum Gasteiger partial charge on any atom is -0.206 e. The van der Waals surface area contributed by atoms with Crippen molar-refractivity contribution in [2.45, 2.75) is 56.2 Å². The van der Waals surface area contributed by atoms with E-state index in [-0.39, 0.29) is 5.56 Å². The van der Waals surface area contributed by atoms with E-state index in [1.54, 1.807) is 0 Å². The van der Waals surface area contributed by atoms with Crippen LogP contribution in [-0.4, -0.2) is 0 Å². The van der Waals surface area contributed by atoms with Crippen LogP contribution in [0.15, 0.2) is 36.4 Å². The lowest BCUT2D eigenvalue weighted by molar-refractivity contribution is 0.105. The van der Waals surface area contributed by atoms with Crippen molar-refractivity contribution in [1.29, 1.82) is 0 Å². The molecule has 0 saturated heterocycles. The van der Waals surface area contributed by atoms with Crippen LogP contribution in [0.1, 0.15) is 62.5 Å². The fourth-order valence-electron chi connectivity index (χ4n) is 4.15. The second-order valence-electron chi connectivity index (χ2n) is 7.44. The van der Waals surface area contributed by atoms with Gasteiger partial charge in [0.1, 0.15) is 17.2 Å². The SMILES string of the molecule is CCCC1CCC(c2ccc(-c3cc(F)c(C(F)(F)Br)c(F)c3)cc2)CC1. The average molecular weight is 443 g/mol. The maximum absolute atomic E-state index is 14.0. The zero-order chi connectivity index (χ0) is 19.6. The minimum atomic E-state index is -3.74. The molecule has 0 bridgehead atoms. The molecule has 0 amide bonds. The van der Waals surface area contributed by atoms with Crippen LogP contribution >= 0.6 is 15.9 Å². The molecule has 1 aliphatic rings. The van der Waals surface area contributed by atoms with E-state index in [0.29, 0.717) is 11.5 Å². The van der Waals surface area contributed by atoms with Gasteiger partial charge in [0.2, 0.25) is 0 Å². The largest absolute Gasteiger partial charge is 0.332 e. The highest BCUT2D eigenvalue weighted by Crippen LogP contribution is 2.40. The Hall–Kier alpha value is -1.36. The molecule has 146 valence electrons. The first-order valence-electron chi connectivity index (χ1n) is 9.46. The second-order valence-corrected chi connectivity index (χ2v) is 8.44. The van der Waals surface area contributed by atoms with Crippen LogP contribution in [0.5, 0.6) is 0 Å². The lowest BCUT2D eigenvalue weighted by Gasteiger charge is -2.28. The van der Waals surface area contributed by atoms with Gasteiger partial charge in [0.05, 0.1) is 0 Å². The van der Waals surface area contributed by atoms with Gasteiger partial charge in [-0.05, 0) is 82.3 Å². The third-order valence-corrected chi connectivity index (χ3v) is 5.98. The highest BCUT2D eigenvalue weighted by atomic mass is 79.9. The summed E-state index contributed by atoms with van der Waals surface area (Å²) < 4.78 is 54.6. The number of halogens is 5. The van der Waals surface area contributed by atoms with Gasteiger partial charge in [-0.3, -0.25) is 0 Å².